The van der Waals surface area contributed by atoms with Crippen molar-refractivity contribution in [2.24, 2.45) is 11.7 Å². The van der Waals surface area contributed by atoms with E-state index in [4.69, 9.17) is 5.73 Å². The van der Waals surface area contributed by atoms with Crippen molar-refractivity contribution in [3.05, 3.63) is 30.3 Å². The quantitative estimate of drug-likeness (QED) is 0.813. The van der Waals surface area contributed by atoms with Gasteiger partial charge in [-0.25, -0.2) is 0 Å². The van der Waals surface area contributed by atoms with Gasteiger partial charge in [0.2, 0.25) is 5.91 Å². The molecule has 1 saturated heterocycles. The topological polar surface area (TPSA) is 46.3 Å². The second-order valence-electron chi connectivity index (χ2n) is 5.10. The zero-order valence-corrected chi connectivity index (χ0v) is 12.2. The Morgan fingerprint density at radius 1 is 1.47 bits per heavy atom. The molecule has 2 atom stereocenters. The first-order chi connectivity index (χ1) is 9.20. The molecule has 1 aliphatic rings. The third kappa shape index (κ3) is 3.98. The summed E-state index contributed by atoms with van der Waals surface area (Å²) in [6, 6.07) is 10.4. The molecule has 0 spiro atoms. The van der Waals surface area contributed by atoms with Crippen molar-refractivity contribution in [2.75, 3.05) is 18.8 Å². The van der Waals surface area contributed by atoms with Crippen LogP contribution < -0.4 is 5.73 Å². The van der Waals surface area contributed by atoms with Crippen LogP contribution in [0.5, 0.6) is 0 Å². The highest BCUT2D eigenvalue weighted by atomic mass is 32.2. The third-order valence-electron chi connectivity index (χ3n) is 3.70. The molecule has 0 saturated carbocycles. The minimum atomic E-state index is -0.182. The highest BCUT2D eigenvalue weighted by molar-refractivity contribution is 7.99. The van der Waals surface area contributed by atoms with E-state index in [1.807, 2.05) is 24.8 Å². The molecule has 2 N–H and O–H groups in total. The van der Waals surface area contributed by atoms with E-state index in [1.165, 1.54) is 11.3 Å². The molecule has 104 valence electrons. The minimum Gasteiger partial charge on any atom is -0.368 e. The number of carbonyl (C=O) groups excluding carboxylic acids is 1. The summed E-state index contributed by atoms with van der Waals surface area (Å²) in [6.07, 6.45) is 1.98. The molecule has 0 aromatic heterocycles. The summed E-state index contributed by atoms with van der Waals surface area (Å²) in [7, 11) is 0. The molecular formula is C15H22N2OS. The molecule has 1 fully saturated rings. The van der Waals surface area contributed by atoms with E-state index in [2.05, 4.69) is 29.2 Å². The zero-order chi connectivity index (χ0) is 13.7. The van der Waals surface area contributed by atoms with Crippen molar-refractivity contribution < 1.29 is 4.79 Å². The molecule has 1 aromatic carbocycles. The Kier molecular flexibility index (Phi) is 5.28. The van der Waals surface area contributed by atoms with Crippen LogP contribution in [0.1, 0.15) is 19.8 Å². The van der Waals surface area contributed by atoms with Gasteiger partial charge in [-0.15, -0.1) is 11.8 Å². The van der Waals surface area contributed by atoms with E-state index >= 15 is 0 Å². The van der Waals surface area contributed by atoms with Gasteiger partial charge in [0.05, 0.1) is 6.04 Å². The van der Waals surface area contributed by atoms with Crippen LogP contribution >= 0.6 is 11.8 Å². The largest absolute Gasteiger partial charge is 0.368 e. The molecule has 1 aromatic rings. The van der Waals surface area contributed by atoms with Crippen molar-refractivity contribution in [1.29, 1.82) is 0 Å². The summed E-state index contributed by atoms with van der Waals surface area (Å²) in [4.78, 5) is 14.9. The number of amides is 1. The molecule has 19 heavy (non-hydrogen) atoms. The van der Waals surface area contributed by atoms with Crippen LogP contribution in [0.4, 0.5) is 0 Å². The second kappa shape index (κ2) is 6.96. The van der Waals surface area contributed by atoms with E-state index in [0.717, 1.165) is 25.3 Å². The summed E-state index contributed by atoms with van der Waals surface area (Å²) < 4.78 is 0. The van der Waals surface area contributed by atoms with Gasteiger partial charge in [-0.1, -0.05) is 25.1 Å². The molecule has 4 heteroatoms. The Hall–Kier alpha value is -1.00. The number of hydrogen-bond acceptors (Lipinski definition) is 3. The van der Waals surface area contributed by atoms with Crippen LogP contribution in [0.25, 0.3) is 0 Å². The van der Waals surface area contributed by atoms with Crippen LogP contribution in [0, 0.1) is 5.92 Å². The third-order valence-corrected chi connectivity index (χ3v) is 4.95. The van der Waals surface area contributed by atoms with Gasteiger partial charge in [0, 0.05) is 17.2 Å². The Bertz CT molecular complexity index is 410. The highest BCUT2D eigenvalue weighted by Gasteiger charge is 2.29. The summed E-state index contributed by atoms with van der Waals surface area (Å²) >= 11 is 1.90. The smallest absolute Gasteiger partial charge is 0.234 e. The van der Waals surface area contributed by atoms with Gasteiger partial charge in [-0.3, -0.25) is 9.69 Å². The van der Waals surface area contributed by atoms with E-state index in [0.29, 0.717) is 5.92 Å². The van der Waals surface area contributed by atoms with Crippen molar-refractivity contribution >= 4 is 17.7 Å². The molecule has 1 heterocycles. The summed E-state index contributed by atoms with van der Waals surface area (Å²) in [5.74, 6) is 1.60. The molecule has 0 aliphatic carbocycles. The molecule has 0 unspecified atom stereocenters. The molecule has 0 bridgehead atoms. The molecule has 1 aliphatic heterocycles. The van der Waals surface area contributed by atoms with Crippen molar-refractivity contribution in [1.82, 2.24) is 4.90 Å². The lowest BCUT2D eigenvalue weighted by atomic mass is 10.1. The average molecular weight is 278 g/mol. The van der Waals surface area contributed by atoms with Gasteiger partial charge in [0.25, 0.3) is 0 Å². The predicted molar refractivity (Wildman–Crippen MR) is 80.1 cm³/mol. The maximum absolute atomic E-state index is 11.4. The number of nitrogens with two attached hydrogens (primary N) is 1. The van der Waals surface area contributed by atoms with Crippen LogP contribution in [0.3, 0.4) is 0 Å². The van der Waals surface area contributed by atoms with Gasteiger partial charge < -0.3 is 5.73 Å². The fourth-order valence-corrected chi connectivity index (χ4v) is 3.70. The molecule has 0 radical (unpaired) electrons. The first-order valence-electron chi connectivity index (χ1n) is 6.92. The van der Waals surface area contributed by atoms with Crippen molar-refractivity contribution in [3.8, 4) is 0 Å². The number of benzene rings is 1. The Morgan fingerprint density at radius 3 is 2.84 bits per heavy atom. The summed E-state index contributed by atoms with van der Waals surface area (Å²) in [5, 5.41) is 0. The van der Waals surface area contributed by atoms with Gasteiger partial charge in [0.1, 0.15) is 0 Å². The first-order valence-corrected chi connectivity index (χ1v) is 7.90. The number of carbonyl (C=O) groups is 1. The number of rotatable bonds is 6. The summed E-state index contributed by atoms with van der Waals surface area (Å²) in [5.41, 5.74) is 5.45. The van der Waals surface area contributed by atoms with Crippen molar-refractivity contribution in [2.45, 2.75) is 30.7 Å². The SMILES string of the molecule is CC[C@@H](C(N)=O)N1CC[C@H](CSc2ccccc2)C1. The standard InChI is InChI=1S/C15H22N2OS/c1-2-14(15(16)18)17-9-8-12(10-17)11-19-13-6-4-3-5-7-13/h3-7,12,14H,2,8-11H2,1H3,(H2,16,18)/t12-,14-/m0/s1. The lowest BCUT2D eigenvalue weighted by Crippen LogP contribution is -2.43. The van der Waals surface area contributed by atoms with Crippen LogP contribution in [0.2, 0.25) is 0 Å². The Labute approximate surface area is 119 Å². The fourth-order valence-electron chi connectivity index (χ4n) is 2.65. The van der Waals surface area contributed by atoms with Crippen LogP contribution in [-0.4, -0.2) is 35.7 Å². The predicted octanol–water partition coefficient (Wildman–Crippen LogP) is 2.36. The normalized spacial score (nSPS) is 21.4. The average Bonchev–Trinajstić information content (AvgIpc) is 2.87. The monoisotopic (exact) mass is 278 g/mol. The lowest BCUT2D eigenvalue weighted by molar-refractivity contribution is -0.123. The maximum Gasteiger partial charge on any atom is 0.234 e. The van der Waals surface area contributed by atoms with E-state index < -0.39 is 0 Å². The summed E-state index contributed by atoms with van der Waals surface area (Å²) in [6.45, 7) is 4.03. The van der Waals surface area contributed by atoms with E-state index in [-0.39, 0.29) is 11.9 Å². The van der Waals surface area contributed by atoms with Gasteiger partial charge in [-0.05, 0) is 37.4 Å². The second-order valence-corrected chi connectivity index (χ2v) is 6.19. The van der Waals surface area contributed by atoms with Crippen LogP contribution in [0.15, 0.2) is 35.2 Å². The Balaban J connectivity index is 1.80. The highest BCUT2D eigenvalue weighted by Crippen LogP contribution is 2.27. The minimum absolute atomic E-state index is 0.0771. The number of thioether (sulfide) groups is 1. The van der Waals surface area contributed by atoms with E-state index in [1.54, 1.807) is 0 Å². The molecule has 2 rings (SSSR count). The molecule has 3 nitrogen and oxygen atoms in total. The number of primary amides is 1. The number of likely N-dealkylation sites (tertiary alicyclic amines) is 1. The van der Waals surface area contributed by atoms with E-state index in [9.17, 15) is 4.79 Å². The zero-order valence-electron chi connectivity index (χ0n) is 11.4. The van der Waals surface area contributed by atoms with Crippen molar-refractivity contribution in [3.63, 3.8) is 0 Å². The van der Waals surface area contributed by atoms with Crippen LogP contribution in [-0.2, 0) is 4.79 Å². The molecular weight excluding hydrogens is 256 g/mol. The van der Waals surface area contributed by atoms with Gasteiger partial charge in [-0.2, -0.15) is 0 Å². The first kappa shape index (κ1) is 14.4. The fraction of sp³-hybridized carbons (Fsp3) is 0.533. The van der Waals surface area contributed by atoms with Gasteiger partial charge >= 0.3 is 0 Å². The maximum atomic E-state index is 11.4. The Morgan fingerprint density at radius 2 is 2.21 bits per heavy atom. The number of nitrogens with zero attached hydrogens (tertiary/aromatic N) is 1. The molecule has 1 amide bonds. The van der Waals surface area contributed by atoms with Gasteiger partial charge in [0.15, 0.2) is 0 Å². The number of hydrogen-bond donors (Lipinski definition) is 1. The lowest BCUT2D eigenvalue weighted by Gasteiger charge is -2.23.